The molecule has 1 aromatic rings. The Balaban J connectivity index is 2.84. The van der Waals surface area contributed by atoms with E-state index in [0.29, 0.717) is 0 Å². The van der Waals surface area contributed by atoms with E-state index in [1.807, 2.05) is 31.2 Å². The van der Waals surface area contributed by atoms with Crippen LogP contribution in [0.3, 0.4) is 0 Å². The van der Waals surface area contributed by atoms with Crippen molar-refractivity contribution in [2.45, 2.75) is 16.9 Å². The van der Waals surface area contributed by atoms with Crippen molar-refractivity contribution in [2.24, 2.45) is 0 Å². The van der Waals surface area contributed by atoms with Crippen LogP contribution in [0.25, 0.3) is 0 Å². The topological polar surface area (TPSA) is 44.4 Å². The predicted octanol–water partition coefficient (Wildman–Crippen LogP) is 3.37. The summed E-state index contributed by atoms with van der Waals surface area (Å²) in [4.78, 5) is 13.0. The lowest BCUT2D eigenvalue weighted by Gasteiger charge is -2.28. The number of carbonyl (C=O) groups is 1. The summed E-state index contributed by atoms with van der Waals surface area (Å²) in [5, 5.41) is 5.60. The summed E-state index contributed by atoms with van der Waals surface area (Å²) in [6.45, 7) is 1.95. The van der Waals surface area contributed by atoms with Crippen molar-refractivity contribution >= 4 is 46.5 Å². The predicted molar refractivity (Wildman–Crippen MR) is 81.1 cm³/mol. The summed E-state index contributed by atoms with van der Waals surface area (Å²) in [6, 6.07) is 7.20. The Morgan fingerprint density at radius 3 is 2.42 bits per heavy atom. The van der Waals surface area contributed by atoms with Crippen molar-refractivity contribution in [1.29, 1.82) is 0 Å². The average molecular weight is 325 g/mol. The second-order valence-electron chi connectivity index (χ2n) is 4.33. The molecule has 0 spiro atoms. The second-order valence-corrected chi connectivity index (χ2v) is 6.70. The van der Waals surface area contributed by atoms with Crippen LogP contribution in [0.4, 0.5) is 10.5 Å². The van der Waals surface area contributed by atoms with Gasteiger partial charge in [0.15, 0.2) is 0 Å². The van der Waals surface area contributed by atoms with Gasteiger partial charge in [0.25, 0.3) is 0 Å². The summed E-state index contributed by atoms with van der Waals surface area (Å²) in [5.41, 5.74) is 1.82. The molecule has 0 fully saturated rings. The lowest BCUT2D eigenvalue weighted by Crippen LogP contribution is -2.52. The van der Waals surface area contributed by atoms with Crippen LogP contribution >= 0.6 is 34.8 Å². The van der Waals surface area contributed by atoms with Crippen LogP contribution in [-0.4, -0.2) is 35.0 Å². The molecule has 0 saturated heterocycles. The van der Waals surface area contributed by atoms with Gasteiger partial charge in [0.1, 0.15) is 6.17 Å². The highest BCUT2D eigenvalue weighted by molar-refractivity contribution is 6.68. The molecule has 0 aliphatic rings. The third kappa shape index (κ3) is 5.35. The van der Waals surface area contributed by atoms with Crippen molar-refractivity contribution in [3.05, 3.63) is 29.8 Å². The first kappa shape index (κ1) is 16.2. The highest BCUT2D eigenvalue weighted by atomic mass is 35.6. The van der Waals surface area contributed by atoms with Crippen LogP contribution in [0.15, 0.2) is 24.3 Å². The number of carbonyl (C=O) groups excluding carboxylic acids is 1. The zero-order valence-corrected chi connectivity index (χ0v) is 13.1. The largest absolute Gasteiger partial charge is 0.362 e. The normalized spacial score (nSPS) is 12.7. The van der Waals surface area contributed by atoms with Crippen LogP contribution in [0, 0.1) is 6.92 Å². The number of amides is 2. The average Bonchev–Trinajstić information content (AvgIpc) is 2.26. The molecule has 0 aliphatic heterocycles. The number of halogens is 3. The monoisotopic (exact) mass is 323 g/mol. The van der Waals surface area contributed by atoms with Crippen molar-refractivity contribution in [3.63, 3.8) is 0 Å². The standard InChI is InChI=1S/C12H16Cl3N3O/c1-8-5-4-6-9(7-8)16-10(12(13,14)15)17-11(19)18(2)3/h4-7,10,16H,1-3H3,(H,17,19)/t10-/m1/s1. The SMILES string of the molecule is Cc1cccc(N[C@H](NC(=O)N(C)C)C(Cl)(Cl)Cl)c1. The molecule has 4 nitrogen and oxygen atoms in total. The van der Waals surface area contributed by atoms with E-state index < -0.39 is 9.96 Å². The Kier molecular flexibility index (Phi) is 5.59. The number of nitrogens with one attached hydrogen (secondary N) is 2. The molecular weight excluding hydrogens is 309 g/mol. The molecule has 1 atom stereocenters. The van der Waals surface area contributed by atoms with E-state index in [0.717, 1.165) is 11.3 Å². The molecule has 0 aromatic heterocycles. The van der Waals surface area contributed by atoms with Gasteiger partial charge in [0.05, 0.1) is 0 Å². The van der Waals surface area contributed by atoms with E-state index in [2.05, 4.69) is 10.6 Å². The fourth-order valence-corrected chi connectivity index (χ4v) is 1.68. The first-order valence-electron chi connectivity index (χ1n) is 5.58. The lowest BCUT2D eigenvalue weighted by atomic mass is 10.2. The smallest absolute Gasteiger partial charge is 0.318 e. The maximum absolute atomic E-state index is 11.7. The van der Waals surface area contributed by atoms with E-state index in [1.165, 1.54) is 4.90 Å². The Labute approximate surface area is 128 Å². The number of nitrogens with zero attached hydrogens (tertiary/aromatic N) is 1. The van der Waals surface area contributed by atoms with Gasteiger partial charge in [-0.05, 0) is 24.6 Å². The van der Waals surface area contributed by atoms with Crippen LogP contribution in [-0.2, 0) is 0 Å². The summed E-state index contributed by atoms with van der Waals surface area (Å²) in [5.74, 6) is 0. The Hall–Kier alpha value is -0.840. The summed E-state index contributed by atoms with van der Waals surface area (Å²) >= 11 is 17.6. The van der Waals surface area contributed by atoms with Gasteiger partial charge in [-0.2, -0.15) is 0 Å². The van der Waals surface area contributed by atoms with E-state index in [9.17, 15) is 4.79 Å². The van der Waals surface area contributed by atoms with Crippen molar-refractivity contribution in [2.75, 3.05) is 19.4 Å². The van der Waals surface area contributed by atoms with E-state index in [1.54, 1.807) is 14.1 Å². The van der Waals surface area contributed by atoms with Gasteiger partial charge in [-0.1, -0.05) is 46.9 Å². The third-order valence-corrected chi connectivity index (χ3v) is 2.99. The number of rotatable bonds is 3. The Morgan fingerprint density at radius 2 is 1.95 bits per heavy atom. The molecule has 106 valence electrons. The summed E-state index contributed by atoms with van der Waals surface area (Å²) < 4.78 is -1.67. The molecule has 0 radical (unpaired) electrons. The molecule has 2 amide bonds. The molecule has 1 aromatic carbocycles. The third-order valence-electron chi connectivity index (χ3n) is 2.33. The molecule has 0 unspecified atom stereocenters. The van der Waals surface area contributed by atoms with Gasteiger partial charge < -0.3 is 15.5 Å². The number of hydrogen-bond donors (Lipinski definition) is 2. The Morgan fingerprint density at radius 1 is 1.32 bits per heavy atom. The van der Waals surface area contributed by atoms with Crippen LogP contribution in [0.1, 0.15) is 5.56 Å². The fourth-order valence-electron chi connectivity index (χ4n) is 1.35. The van der Waals surface area contributed by atoms with Gasteiger partial charge in [0, 0.05) is 19.8 Å². The van der Waals surface area contributed by atoms with Crippen molar-refractivity contribution < 1.29 is 4.79 Å². The van der Waals surface area contributed by atoms with Crippen molar-refractivity contribution in [3.8, 4) is 0 Å². The quantitative estimate of drug-likeness (QED) is 0.661. The Bertz CT molecular complexity index is 446. The zero-order valence-electron chi connectivity index (χ0n) is 10.9. The molecule has 7 heteroatoms. The molecular formula is C12H16Cl3N3O. The molecule has 0 aliphatic carbocycles. The number of hydrogen-bond acceptors (Lipinski definition) is 2. The minimum absolute atomic E-state index is 0.350. The number of aryl methyl sites for hydroxylation is 1. The molecule has 0 saturated carbocycles. The van der Waals surface area contributed by atoms with Gasteiger partial charge >= 0.3 is 6.03 Å². The van der Waals surface area contributed by atoms with Gasteiger partial charge in [0.2, 0.25) is 3.79 Å². The lowest BCUT2D eigenvalue weighted by molar-refractivity contribution is 0.214. The van der Waals surface area contributed by atoms with Crippen molar-refractivity contribution in [1.82, 2.24) is 10.2 Å². The highest BCUT2D eigenvalue weighted by Crippen LogP contribution is 2.31. The molecule has 2 N–H and O–H groups in total. The fraction of sp³-hybridized carbons (Fsp3) is 0.417. The molecule has 1 rings (SSSR count). The molecule has 19 heavy (non-hydrogen) atoms. The molecule has 0 bridgehead atoms. The summed E-state index contributed by atoms with van der Waals surface area (Å²) in [6.07, 6.45) is -0.839. The number of urea groups is 1. The van der Waals surface area contributed by atoms with Gasteiger partial charge in [-0.3, -0.25) is 0 Å². The minimum Gasteiger partial charge on any atom is -0.362 e. The van der Waals surface area contributed by atoms with Gasteiger partial charge in [-0.25, -0.2) is 4.79 Å². The van der Waals surface area contributed by atoms with Crippen LogP contribution < -0.4 is 10.6 Å². The number of benzene rings is 1. The number of anilines is 1. The van der Waals surface area contributed by atoms with E-state index in [4.69, 9.17) is 34.8 Å². The first-order chi connectivity index (χ1) is 8.70. The van der Waals surface area contributed by atoms with Gasteiger partial charge in [-0.15, -0.1) is 0 Å². The molecule has 0 heterocycles. The zero-order chi connectivity index (χ0) is 14.6. The first-order valence-corrected chi connectivity index (χ1v) is 6.71. The summed E-state index contributed by atoms with van der Waals surface area (Å²) in [7, 11) is 3.22. The highest BCUT2D eigenvalue weighted by Gasteiger charge is 2.34. The minimum atomic E-state index is -1.67. The second kappa shape index (κ2) is 6.55. The maximum atomic E-state index is 11.7. The number of alkyl halides is 3. The van der Waals surface area contributed by atoms with E-state index >= 15 is 0 Å². The van der Waals surface area contributed by atoms with Crippen LogP contribution in [0.5, 0.6) is 0 Å². The maximum Gasteiger partial charge on any atom is 0.318 e. The van der Waals surface area contributed by atoms with E-state index in [-0.39, 0.29) is 6.03 Å². The van der Waals surface area contributed by atoms with Crippen LogP contribution in [0.2, 0.25) is 0 Å².